The molecule has 1 aliphatic carbocycles. The van der Waals surface area contributed by atoms with Crippen LogP contribution in [0.25, 0.3) is 0 Å². The van der Waals surface area contributed by atoms with Gasteiger partial charge in [0.05, 0.1) is 18.8 Å². The fourth-order valence-electron chi connectivity index (χ4n) is 3.35. The van der Waals surface area contributed by atoms with E-state index in [1.54, 1.807) is 24.3 Å². The van der Waals surface area contributed by atoms with Crippen LogP contribution < -0.4 is 0 Å². The lowest BCUT2D eigenvalue weighted by atomic mass is 9.63. The Kier molecular flexibility index (Phi) is 4.21. The molecule has 1 aliphatic heterocycles. The van der Waals surface area contributed by atoms with Crippen molar-refractivity contribution in [3.63, 3.8) is 0 Å². The Morgan fingerprint density at radius 3 is 2.58 bits per heavy atom. The van der Waals surface area contributed by atoms with Crippen molar-refractivity contribution in [1.82, 2.24) is 4.90 Å². The number of carbonyl (C=O) groups is 1. The summed E-state index contributed by atoms with van der Waals surface area (Å²) in [5.41, 5.74) is -3.14. The van der Waals surface area contributed by atoms with Gasteiger partial charge in [0.1, 0.15) is 6.61 Å². The first kappa shape index (κ1) is 17.0. The average molecular weight is 345 g/mol. The summed E-state index contributed by atoms with van der Waals surface area (Å²) in [7, 11) is 0. The Morgan fingerprint density at radius 1 is 1.29 bits per heavy atom. The van der Waals surface area contributed by atoms with Gasteiger partial charge in [-0.3, -0.25) is 4.90 Å². The van der Waals surface area contributed by atoms with Crippen LogP contribution in [0, 0.1) is 0 Å². The first-order valence-electron chi connectivity index (χ1n) is 7.61. The van der Waals surface area contributed by atoms with Gasteiger partial charge in [-0.1, -0.05) is 30.3 Å². The Hall–Kier alpha value is -1.80. The van der Waals surface area contributed by atoms with Gasteiger partial charge in [-0.2, -0.15) is 13.2 Å². The molecular weight excluding hydrogens is 327 g/mol. The Balaban J connectivity index is 1.66. The second kappa shape index (κ2) is 5.93. The number of alkyl halides is 3. The van der Waals surface area contributed by atoms with E-state index in [1.807, 2.05) is 6.07 Å². The summed E-state index contributed by atoms with van der Waals surface area (Å²) < 4.78 is 49.2. The van der Waals surface area contributed by atoms with Gasteiger partial charge in [-0.15, -0.1) is 0 Å². The maximum Gasteiger partial charge on any atom is 0.417 e. The minimum Gasteiger partial charge on any atom is -0.445 e. The molecule has 24 heavy (non-hydrogen) atoms. The molecule has 1 spiro atoms. The zero-order valence-corrected chi connectivity index (χ0v) is 12.9. The summed E-state index contributed by atoms with van der Waals surface area (Å²) in [5, 5.41) is 9.71. The minimum absolute atomic E-state index is 0.0359. The van der Waals surface area contributed by atoms with Crippen molar-refractivity contribution in [3.05, 3.63) is 35.9 Å². The average Bonchev–Trinajstić information content (AvgIpc) is 2.51. The number of nitrogens with zero attached hydrogens (tertiary/aromatic N) is 1. The first-order valence-corrected chi connectivity index (χ1v) is 7.61. The molecule has 1 aromatic carbocycles. The molecule has 2 aliphatic rings. The van der Waals surface area contributed by atoms with Crippen molar-refractivity contribution in [2.24, 2.45) is 0 Å². The molecule has 132 valence electrons. The van der Waals surface area contributed by atoms with Crippen molar-refractivity contribution in [2.75, 3.05) is 19.8 Å². The van der Waals surface area contributed by atoms with Crippen LogP contribution in [0.3, 0.4) is 0 Å². The van der Waals surface area contributed by atoms with E-state index in [4.69, 9.17) is 9.47 Å². The van der Waals surface area contributed by atoms with Gasteiger partial charge in [-0.25, -0.2) is 4.79 Å². The van der Waals surface area contributed by atoms with Crippen LogP contribution in [-0.4, -0.2) is 53.2 Å². The SMILES string of the molecule is O=C(OCc1ccccc1)N1CCOCC12CC(O)(C(F)(F)F)C2. The highest BCUT2D eigenvalue weighted by molar-refractivity contribution is 5.69. The molecule has 3 rings (SSSR count). The van der Waals surface area contributed by atoms with Gasteiger partial charge in [0.2, 0.25) is 0 Å². The van der Waals surface area contributed by atoms with Crippen LogP contribution in [0.15, 0.2) is 30.3 Å². The maximum absolute atomic E-state index is 12.9. The first-order chi connectivity index (χ1) is 11.3. The van der Waals surface area contributed by atoms with E-state index in [0.29, 0.717) is 0 Å². The lowest BCUT2D eigenvalue weighted by Crippen LogP contribution is -2.74. The number of amides is 1. The van der Waals surface area contributed by atoms with Crippen LogP contribution in [0.5, 0.6) is 0 Å². The van der Waals surface area contributed by atoms with Crippen molar-refractivity contribution >= 4 is 6.09 Å². The number of morpholine rings is 1. The van der Waals surface area contributed by atoms with Crippen LogP contribution in [0.2, 0.25) is 0 Å². The lowest BCUT2D eigenvalue weighted by molar-refractivity contribution is -0.323. The van der Waals surface area contributed by atoms with E-state index < -0.39 is 36.3 Å². The van der Waals surface area contributed by atoms with E-state index in [0.717, 1.165) is 5.56 Å². The summed E-state index contributed by atoms with van der Waals surface area (Å²) in [6, 6.07) is 9.00. The van der Waals surface area contributed by atoms with Crippen LogP contribution in [0.1, 0.15) is 18.4 Å². The van der Waals surface area contributed by atoms with E-state index in [-0.39, 0.29) is 26.4 Å². The van der Waals surface area contributed by atoms with Crippen LogP contribution in [0.4, 0.5) is 18.0 Å². The van der Waals surface area contributed by atoms with Gasteiger partial charge < -0.3 is 14.6 Å². The molecule has 0 bridgehead atoms. The van der Waals surface area contributed by atoms with Gasteiger partial charge in [0.15, 0.2) is 5.60 Å². The highest BCUT2D eigenvalue weighted by Gasteiger charge is 2.70. The van der Waals surface area contributed by atoms with Gasteiger partial charge in [0, 0.05) is 19.4 Å². The monoisotopic (exact) mass is 345 g/mol. The molecule has 1 saturated heterocycles. The molecule has 0 aromatic heterocycles. The van der Waals surface area contributed by atoms with Crippen molar-refractivity contribution < 1.29 is 32.5 Å². The number of rotatable bonds is 2. The lowest BCUT2D eigenvalue weighted by Gasteiger charge is -2.58. The standard InChI is InChI=1S/C16H18F3NO4/c17-16(18,19)15(22)9-14(10-15)11-23-7-6-20(14)13(21)24-8-12-4-2-1-3-5-12/h1-5,22H,6-11H2. The fraction of sp³-hybridized carbons (Fsp3) is 0.562. The minimum atomic E-state index is -4.73. The quantitative estimate of drug-likeness (QED) is 0.895. The molecule has 1 heterocycles. The number of halogens is 3. The third kappa shape index (κ3) is 2.95. The predicted octanol–water partition coefficient (Wildman–Crippen LogP) is 2.48. The Labute approximate surface area is 137 Å². The molecule has 1 N–H and O–H groups in total. The van der Waals surface area contributed by atoms with Crippen molar-refractivity contribution in [2.45, 2.75) is 36.8 Å². The summed E-state index contributed by atoms with van der Waals surface area (Å²) in [6.45, 7) is 0.372. The molecule has 5 nitrogen and oxygen atoms in total. The summed E-state index contributed by atoms with van der Waals surface area (Å²) in [6.07, 6.45) is -6.60. The Morgan fingerprint density at radius 2 is 1.96 bits per heavy atom. The van der Waals surface area contributed by atoms with Gasteiger partial charge in [0.25, 0.3) is 0 Å². The highest BCUT2D eigenvalue weighted by Crippen LogP contribution is 2.54. The third-order valence-electron chi connectivity index (χ3n) is 4.60. The largest absolute Gasteiger partial charge is 0.445 e. The maximum atomic E-state index is 12.9. The van der Waals surface area contributed by atoms with Crippen molar-refractivity contribution in [3.8, 4) is 0 Å². The van der Waals surface area contributed by atoms with Crippen LogP contribution >= 0.6 is 0 Å². The molecule has 0 atom stereocenters. The van der Waals surface area contributed by atoms with E-state index in [1.165, 1.54) is 4.90 Å². The molecule has 1 amide bonds. The molecule has 1 aromatic rings. The van der Waals surface area contributed by atoms with Crippen molar-refractivity contribution in [1.29, 1.82) is 0 Å². The van der Waals surface area contributed by atoms with Gasteiger partial charge in [-0.05, 0) is 5.56 Å². The number of hydrogen-bond acceptors (Lipinski definition) is 4. The zero-order chi connectivity index (χ0) is 17.4. The zero-order valence-electron chi connectivity index (χ0n) is 12.9. The number of aliphatic hydroxyl groups is 1. The summed E-state index contributed by atoms with van der Waals surface area (Å²) in [4.78, 5) is 13.6. The number of ether oxygens (including phenoxy) is 2. The molecule has 0 radical (unpaired) electrons. The predicted molar refractivity (Wildman–Crippen MR) is 77.1 cm³/mol. The fourth-order valence-corrected chi connectivity index (χ4v) is 3.35. The molecule has 1 saturated carbocycles. The molecular formula is C16H18F3NO4. The smallest absolute Gasteiger partial charge is 0.417 e. The molecule has 8 heteroatoms. The van der Waals surface area contributed by atoms with Gasteiger partial charge >= 0.3 is 12.3 Å². The second-order valence-electron chi connectivity index (χ2n) is 6.35. The topological polar surface area (TPSA) is 59.0 Å². The van der Waals surface area contributed by atoms with E-state index in [9.17, 15) is 23.1 Å². The summed E-state index contributed by atoms with van der Waals surface area (Å²) >= 11 is 0. The van der Waals surface area contributed by atoms with E-state index >= 15 is 0 Å². The molecule has 0 unspecified atom stereocenters. The van der Waals surface area contributed by atoms with Crippen LogP contribution in [-0.2, 0) is 16.1 Å². The Bertz CT molecular complexity index is 599. The second-order valence-corrected chi connectivity index (χ2v) is 6.35. The van der Waals surface area contributed by atoms with E-state index in [2.05, 4.69) is 0 Å². The summed E-state index contributed by atoms with van der Waals surface area (Å²) in [5.74, 6) is 0. The normalized spacial score (nSPS) is 30.1. The number of hydrogen-bond donors (Lipinski definition) is 1. The number of benzene rings is 1. The highest BCUT2D eigenvalue weighted by atomic mass is 19.4. The molecule has 2 fully saturated rings. The number of carbonyl (C=O) groups excluding carboxylic acids is 1. The third-order valence-corrected chi connectivity index (χ3v) is 4.60.